The van der Waals surface area contributed by atoms with Gasteiger partial charge in [-0.2, -0.15) is 0 Å². The molecule has 1 aromatic carbocycles. The summed E-state index contributed by atoms with van der Waals surface area (Å²) < 4.78 is 21.1. The number of aliphatic hydroxyl groups excluding tert-OH is 1. The Kier molecular flexibility index (Phi) is 6.68. The van der Waals surface area contributed by atoms with Crippen LogP contribution >= 0.6 is 0 Å². The quantitative estimate of drug-likeness (QED) is 0.702. The molecule has 0 bridgehead atoms. The van der Waals surface area contributed by atoms with Crippen molar-refractivity contribution < 1.29 is 28.5 Å². The monoisotopic (exact) mass is 361 g/mol. The number of hydrogen-bond donors (Lipinski definition) is 2. The standard InChI is InChI=1S/C19H23NO6/c1-12-5-7-15(26-12)14(21)11-20-18(22)8-6-13-9-16(23-2)19(25-4)17(10-13)24-3/h5-10,14,21H,11H2,1-4H3,(H,20,22). The van der Waals surface area contributed by atoms with Gasteiger partial charge in [0.2, 0.25) is 11.7 Å². The summed E-state index contributed by atoms with van der Waals surface area (Å²) in [4.78, 5) is 12.0. The first kappa shape index (κ1) is 19.4. The minimum Gasteiger partial charge on any atom is -0.493 e. The molecule has 0 saturated heterocycles. The van der Waals surface area contributed by atoms with E-state index in [1.54, 1.807) is 37.3 Å². The zero-order chi connectivity index (χ0) is 19.1. The largest absolute Gasteiger partial charge is 0.493 e. The van der Waals surface area contributed by atoms with Crippen molar-refractivity contribution in [3.8, 4) is 17.2 Å². The number of amides is 1. The van der Waals surface area contributed by atoms with Crippen molar-refractivity contribution in [2.45, 2.75) is 13.0 Å². The topological polar surface area (TPSA) is 90.2 Å². The van der Waals surface area contributed by atoms with E-state index in [4.69, 9.17) is 18.6 Å². The van der Waals surface area contributed by atoms with Crippen LogP contribution in [0.3, 0.4) is 0 Å². The van der Waals surface area contributed by atoms with Crippen LogP contribution in [0.15, 0.2) is 34.8 Å². The molecule has 26 heavy (non-hydrogen) atoms. The molecule has 0 spiro atoms. The van der Waals surface area contributed by atoms with Gasteiger partial charge in [-0.3, -0.25) is 4.79 Å². The molecule has 0 saturated carbocycles. The average Bonchev–Trinajstić information content (AvgIpc) is 3.09. The van der Waals surface area contributed by atoms with E-state index in [1.165, 1.54) is 27.4 Å². The Morgan fingerprint density at radius 3 is 2.35 bits per heavy atom. The Morgan fingerprint density at radius 2 is 1.85 bits per heavy atom. The van der Waals surface area contributed by atoms with Crippen molar-refractivity contribution in [3.05, 3.63) is 47.4 Å². The second kappa shape index (κ2) is 8.96. The molecule has 7 nitrogen and oxygen atoms in total. The fourth-order valence-corrected chi connectivity index (χ4v) is 2.36. The molecule has 1 atom stereocenters. The van der Waals surface area contributed by atoms with Crippen molar-refractivity contribution in [1.29, 1.82) is 0 Å². The Hall–Kier alpha value is -2.93. The van der Waals surface area contributed by atoms with Crippen LogP contribution in [0.1, 0.15) is 23.2 Å². The number of rotatable bonds is 8. The first-order chi connectivity index (χ1) is 12.5. The first-order valence-corrected chi connectivity index (χ1v) is 7.98. The molecule has 0 aliphatic carbocycles. The molecule has 1 amide bonds. The lowest BCUT2D eigenvalue weighted by molar-refractivity contribution is -0.116. The highest BCUT2D eigenvalue weighted by molar-refractivity contribution is 5.91. The lowest BCUT2D eigenvalue weighted by Gasteiger charge is -2.12. The zero-order valence-electron chi connectivity index (χ0n) is 15.2. The molecule has 1 unspecified atom stereocenters. The minimum atomic E-state index is -0.901. The van der Waals surface area contributed by atoms with Gasteiger partial charge >= 0.3 is 0 Å². The van der Waals surface area contributed by atoms with Crippen molar-refractivity contribution in [3.63, 3.8) is 0 Å². The van der Waals surface area contributed by atoms with Gasteiger partial charge < -0.3 is 29.1 Å². The summed E-state index contributed by atoms with van der Waals surface area (Å²) in [5, 5.41) is 12.6. The molecule has 0 aliphatic heterocycles. The number of aliphatic hydroxyl groups is 1. The number of benzene rings is 1. The Bertz CT molecular complexity index is 755. The van der Waals surface area contributed by atoms with Crippen molar-refractivity contribution >= 4 is 12.0 Å². The second-order valence-corrected chi connectivity index (χ2v) is 5.50. The van der Waals surface area contributed by atoms with Gasteiger partial charge in [0, 0.05) is 6.08 Å². The van der Waals surface area contributed by atoms with Gasteiger partial charge in [0.1, 0.15) is 17.6 Å². The van der Waals surface area contributed by atoms with Crippen LogP contribution in [0.2, 0.25) is 0 Å². The highest BCUT2D eigenvalue weighted by atomic mass is 16.5. The maximum Gasteiger partial charge on any atom is 0.244 e. The molecule has 1 aromatic heterocycles. The summed E-state index contributed by atoms with van der Waals surface area (Å²) in [5.74, 6) is 2.24. The van der Waals surface area contributed by atoms with Gasteiger partial charge in [-0.25, -0.2) is 0 Å². The highest BCUT2D eigenvalue weighted by Crippen LogP contribution is 2.38. The molecule has 1 heterocycles. The number of furan rings is 1. The predicted octanol–water partition coefficient (Wildman–Crippen LogP) is 2.48. The molecule has 0 aliphatic rings. The number of nitrogens with one attached hydrogen (secondary N) is 1. The van der Waals surface area contributed by atoms with E-state index in [1.807, 2.05) is 0 Å². The van der Waals surface area contributed by atoms with Crippen LogP contribution < -0.4 is 19.5 Å². The fourth-order valence-electron chi connectivity index (χ4n) is 2.36. The number of ether oxygens (including phenoxy) is 3. The van der Waals surface area contributed by atoms with Crippen molar-refractivity contribution in [2.75, 3.05) is 27.9 Å². The third-order valence-electron chi connectivity index (χ3n) is 3.67. The molecule has 0 radical (unpaired) electrons. The van der Waals surface area contributed by atoms with Crippen LogP contribution in [0.25, 0.3) is 6.08 Å². The van der Waals surface area contributed by atoms with E-state index >= 15 is 0 Å². The van der Waals surface area contributed by atoms with Crippen LogP contribution in [0.5, 0.6) is 17.2 Å². The molecule has 2 aromatic rings. The molecule has 140 valence electrons. The van der Waals surface area contributed by atoms with E-state index in [0.29, 0.717) is 34.3 Å². The first-order valence-electron chi connectivity index (χ1n) is 7.98. The number of aryl methyl sites for hydroxylation is 1. The lowest BCUT2D eigenvalue weighted by atomic mass is 10.1. The van der Waals surface area contributed by atoms with Crippen LogP contribution in [-0.2, 0) is 4.79 Å². The van der Waals surface area contributed by atoms with Gasteiger partial charge in [0.25, 0.3) is 0 Å². The molecule has 2 N–H and O–H groups in total. The second-order valence-electron chi connectivity index (χ2n) is 5.50. The highest BCUT2D eigenvalue weighted by Gasteiger charge is 2.13. The van der Waals surface area contributed by atoms with Gasteiger partial charge in [-0.15, -0.1) is 0 Å². The number of carbonyl (C=O) groups excluding carboxylic acids is 1. The number of carbonyl (C=O) groups is 1. The van der Waals surface area contributed by atoms with Gasteiger partial charge in [-0.1, -0.05) is 0 Å². The van der Waals surface area contributed by atoms with Gasteiger partial charge in [0.15, 0.2) is 11.5 Å². The van der Waals surface area contributed by atoms with Crippen LogP contribution in [0.4, 0.5) is 0 Å². The Labute approximate surface area is 152 Å². The SMILES string of the molecule is COc1cc(C=CC(=O)NCC(O)c2ccc(C)o2)cc(OC)c1OC. The van der Waals surface area contributed by atoms with E-state index in [2.05, 4.69) is 5.32 Å². The Balaban J connectivity index is 2.01. The number of hydrogen-bond acceptors (Lipinski definition) is 6. The zero-order valence-corrected chi connectivity index (χ0v) is 15.2. The normalized spacial score (nSPS) is 12.0. The molecule has 7 heteroatoms. The molecule has 2 rings (SSSR count). The van der Waals surface area contributed by atoms with Gasteiger partial charge in [0.05, 0.1) is 27.9 Å². The lowest BCUT2D eigenvalue weighted by Crippen LogP contribution is -2.26. The van der Waals surface area contributed by atoms with E-state index in [9.17, 15) is 9.90 Å². The van der Waals surface area contributed by atoms with E-state index in [-0.39, 0.29) is 12.5 Å². The van der Waals surface area contributed by atoms with Gasteiger partial charge in [-0.05, 0) is 42.8 Å². The summed E-state index contributed by atoms with van der Waals surface area (Å²) in [6.45, 7) is 1.83. The summed E-state index contributed by atoms with van der Waals surface area (Å²) in [7, 11) is 4.57. The molecule has 0 fully saturated rings. The van der Waals surface area contributed by atoms with Crippen molar-refractivity contribution in [1.82, 2.24) is 5.32 Å². The van der Waals surface area contributed by atoms with Crippen LogP contribution in [-0.4, -0.2) is 38.9 Å². The molecular formula is C19H23NO6. The average molecular weight is 361 g/mol. The number of methoxy groups -OCH3 is 3. The third kappa shape index (κ3) is 4.80. The minimum absolute atomic E-state index is 0.0470. The van der Waals surface area contributed by atoms with Crippen molar-refractivity contribution in [2.24, 2.45) is 0 Å². The molecular weight excluding hydrogens is 338 g/mol. The summed E-state index contributed by atoms with van der Waals surface area (Å²) >= 11 is 0. The fraction of sp³-hybridized carbons (Fsp3) is 0.316. The third-order valence-corrected chi connectivity index (χ3v) is 3.67. The summed E-state index contributed by atoms with van der Waals surface area (Å²) in [6, 6.07) is 6.89. The predicted molar refractivity (Wildman–Crippen MR) is 96.5 cm³/mol. The smallest absolute Gasteiger partial charge is 0.244 e. The van der Waals surface area contributed by atoms with E-state index in [0.717, 1.165) is 0 Å². The maximum atomic E-state index is 12.0. The van der Waals surface area contributed by atoms with Crippen LogP contribution in [0, 0.1) is 6.92 Å². The van der Waals surface area contributed by atoms with E-state index < -0.39 is 6.10 Å². The summed E-state index contributed by atoms with van der Waals surface area (Å²) in [5.41, 5.74) is 0.705. The summed E-state index contributed by atoms with van der Waals surface area (Å²) in [6.07, 6.45) is 2.08. The Morgan fingerprint density at radius 1 is 1.19 bits per heavy atom. The maximum absolute atomic E-state index is 12.0.